The number of rotatable bonds is 1. The number of hydrogen-bond acceptors (Lipinski definition) is 4. The minimum Gasteiger partial charge on any atom is -0.379 e. The Balaban J connectivity index is 2.15. The summed E-state index contributed by atoms with van der Waals surface area (Å²) in [5.41, 5.74) is 5.99. The number of nitrogens with one attached hydrogen (secondary N) is 1. The van der Waals surface area contributed by atoms with E-state index in [-0.39, 0.29) is 5.82 Å². The summed E-state index contributed by atoms with van der Waals surface area (Å²) in [7, 11) is 0. The van der Waals surface area contributed by atoms with Gasteiger partial charge in [0, 0.05) is 30.3 Å². The van der Waals surface area contributed by atoms with Gasteiger partial charge in [-0.2, -0.15) is 0 Å². The number of nitrogens with two attached hydrogens (primary N) is 1. The number of nitrogens with zero attached hydrogens (tertiary/aromatic N) is 1. The topological polar surface area (TPSA) is 50.4 Å². The summed E-state index contributed by atoms with van der Waals surface area (Å²) >= 11 is 1.56. The molecule has 17 heavy (non-hydrogen) atoms. The number of hydrogen-bond donors (Lipinski definition) is 2. The van der Waals surface area contributed by atoms with Crippen molar-refractivity contribution in [2.24, 2.45) is 16.6 Å². The molecule has 5 heteroatoms. The molecule has 0 spiro atoms. The zero-order chi connectivity index (χ0) is 11.9. The summed E-state index contributed by atoms with van der Waals surface area (Å²) in [4.78, 5) is 4.56. The quantitative estimate of drug-likeness (QED) is 0.791. The van der Waals surface area contributed by atoms with Crippen LogP contribution in [0.1, 0.15) is 5.56 Å². The van der Waals surface area contributed by atoms with Crippen molar-refractivity contribution in [1.29, 1.82) is 0 Å². The van der Waals surface area contributed by atoms with Crippen LogP contribution in [0, 0.1) is 11.7 Å². The highest BCUT2D eigenvalue weighted by molar-refractivity contribution is 8.13. The fourth-order valence-electron chi connectivity index (χ4n) is 2.68. The Morgan fingerprint density at radius 2 is 2.29 bits per heavy atom. The van der Waals surface area contributed by atoms with Gasteiger partial charge >= 0.3 is 0 Å². The molecule has 1 saturated heterocycles. The molecule has 0 bridgehead atoms. The smallest absolute Gasteiger partial charge is 0.154 e. The predicted molar refractivity (Wildman–Crippen MR) is 68.5 cm³/mol. The second kappa shape index (κ2) is 3.99. The average molecular weight is 251 g/mol. The first-order valence-corrected chi connectivity index (χ1v) is 6.65. The number of amidine groups is 1. The largest absolute Gasteiger partial charge is 0.379 e. The molecule has 0 amide bonds. The van der Waals surface area contributed by atoms with E-state index in [4.69, 9.17) is 5.73 Å². The molecule has 1 aromatic rings. The Labute approximate surface area is 104 Å². The lowest BCUT2D eigenvalue weighted by atomic mass is 9.81. The molecule has 3 N–H and O–H groups in total. The highest BCUT2D eigenvalue weighted by Gasteiger charge is 2.47. The lowest BCUT2D eigenvalue weighted by molar-refractivity contribution is 0.370. The van der Waals surface area contributed by atoms with E-state index in [0.717, 1.165) is 12.3 Å². The monoisotopic (exact) mass is 251 g/mol. The van der Waals surface area contributed by atoms with E-state index in [2.05, 4.69) is 10.3 Å². The predicted octanol–water partition coefficient (Wildman–Crippen LogP) is 1.30. The van der Waals surface area contributed by atoms with Gasteiger partial charge in [0.1, 0.15) is 11.4 Å². The van der Waals surface area contributed by atoms with Crippen molar-refractivity contribution < 1.29 is 4.39 Å². The highest BCUT2D eigenvalue weighted by Crippen LogP contribution is 2.43. The summed E-state index contributed by atoms with van der Waals surface area (Å²) in [6.07, 6.45) is 0. The SMILES string of the molecule is NC1=N[C@@]2(c3ccccc3F)CNC[C@H]2CS1. The van der Waals surface area contributed by atoms with E-state index >= 15 is 0 Å². The van der Waals surface area contributed by atoms with Gasteiger partial charge in [0.25, 0.3) is 0 Å². The Hall–Kier alpha value is -1.07. The maximum absolute atomic E-state index is 14.0. The highest BCUT2D eigenvalue weighted by atomic mass is 32.2. The van der Waals surface area contributed by atoms with Crippen LogP contribution in [0.4, 0.5) is 4.39 Å². The molecular weight excluding hydrogens is 237 g/mol. The first-order chi connectivity index (χ1) is 8.22. The van der Waals surface area contributed by atoms with Crippen molar-refractivity contribution in [2.45, 2.75) is 5.54 Å². The maximum Gasteiger partial charge on any atom is 0.154 e. The van der Waals surface area contributed by atoms with Gasteiger partial charge in [-0.3, -0.25) is 0 Å². The molecule has 0 aromatic heterocycles. The van der Waals surface area contributed by atoms with Crippen LogP contribution in [0.15, 0.2) is 29.3 Å². The lowest BCUT2D eigenvalue weighted by Crippen LogP contribution is -2.40. The van der Waals surface area contributed by atoms with E-state index in [9.17, 15) is 4.39 Å². The normalized spacial score (nSPS) is 32.1. The van der Waals surface area contributed by atoms with Gasteiger partial charge in [0.2, 0.25) is 0 Å². The number of benzene rings is 1. The molecule has 0 aliphatic carbocycles. The third-order valence-corrected chi connectivity index (χ3v) is 4.50. The van der Waals surface area contributed by atoms with Crippen LogP contribution in [0.25, 0.3) is 0 Å². The van der Waals surface area contributed by atoms with Crippen LogP contribution in [0.5, 0.6) is 0 Å². The molecule has 0 saturated carbocycles. The second-order valence-electron chi connectivity index (χ2n) is 4.49. The first kappa shape index (κ1) is 11.0. The zero-order valence-corrected chi connectivity index (χ0v) is 10.1. The maximum atomic E-state index is 14.0. The van der Waals surface area contributed by atoms with E-state index in [1.807, 2.05) is 12.1 Å². The van der Waals surface area contributed by atoms with Crippen LogP contribution < -0.4 is 11.1 Å². The van der Waals surface area contributed by atoms with Crippen LogP contribution in [-0.2, 0) is 5.54 Å². The first-order valence-electron chi connectivity index (χ1n) is 5.66. The van der Waals surface area contributed by atoms with Gasteiger partial charge in [0.15, 0.2) is 5.17 Å². The molecule has 2 heterocycles. The minimum atomic E-state index is -0.499. The molecule has 90 valence electrons. The lowest BCUT2D eigenvalue weighted by Gasteiger charge is -2.34. The second-order valence-corrected chi connectivity index (χ2v) is 5.53. The molecule has 0 unspecified atom stereocenters. The van der Waals surface area contributed by atoms with Crippen molar-refractivity contribution in [3.05, 3.63) is 35.6 Å². The fraction of sp³-hybridized carbons (Fsp3) is 0.417. The Bertz CT molecular complexity index is 477. The number of thioether (sulfide) groups is 1. The van der Waals surface area contributed by atoms with Crippen molar-refractivity contribution in [1.82, 2.24) is 5.32 Å². The third-order valence-electron chi connectivity index (χ3n) is 3.54. The van der Waals surface area contributed by atoms with Gasteiger partial charge in [-0.15, -0.1) is 0 Å². The minimum absolute atomic E-state index is 0.190. The zero-order valence-electron chi connectivity index (χ0n) is 9.32. The van der Waals surface area contributed by atoms with Crippen molar-refractivity contribution in [3.8, 4) is 0 Å². The summed E-state index contributed by atoms with van der Waals surface area (Å²) < 4.78 is 14.0. The Morgan fingerprint density at radius 1 is 1.47 bits per heavy atom. The molecule has 2 aliphatic heterocycles. The van der Waals surface area contributed by atoms with E-state index in [0.29, 0.717) is 23.2 Å². The van der Waals surface area contributed by atoms with Gasteiger partial charge < -0.3 is 11.1 Å². The number of aliphatic imine (C=N–C) groups is 1. The van der Waals surface area contributed by atoms with Crippen LogP contribution in [0.2, 0.25) is 0 Å². The summed E-state index contributed by atoms with van der Waals surface area (Å²) in [5, 5.41) is 3.87. The Kier molecular flexibility index (Phi) is 2.60. The van der Waals surface area contributed by atoms with Crippen LogP contribution in [-0.4, -0.2) is 24.0 Å². The number of fused-ring (bicyclic) bond motifs is 1. The summed E-state index contributed by atoms with van der Waals surface area (Å²) in [6.45, 7) is 1.54. The van der Waals surface area contributed by atoms with E-state index in [1.54, 1.807) is 17.8 Å². The molecule has 3 nitrogen and oxygen atoms in total. The van der Waals surface area contributed by atoms with E-state index < -0.39 is 5.54 Å². The molecule has 0 radical (unpaired) electrons. The van der Waals surface area contributed by atoms with Crippen LogP contribution in [0.3, 0.4) is 0 Å². The van der Waals surface area contributed by atoms with E-state index in [1.165, 1.54) is 6.07 Å². The molecule has 1 aromatic carbocycles. The molecule has 3 rings (SSSR count). The average Bonchev–Trinajstić information content (AvgIpc) is 2.73. The molecule has 1 fully saturated rings. The molecular formula is C12H14FN3S. The van der Waals surface area contributed by atoms with Gasteiger partial charge in [0.05, 0.1) is 0 Å². The standard InChI is InChI=1S/C12H14FN3S/c13-10-4-2-1-3-9(10)12-7-15-5-8(12)6-17-11(14)16-12/h1-4,8,15H,5-7H2,(H2,14,16)/t8-,12-/m0/s1. The van der Waals surface area contributed by atoms with Gasteiger partial charge in [-0.05, 0) is 6.07 Å². The third kappa shape index (κ3) is 1.65. The van der Waals surface area contributed by atoms with Crippen molar-refractivity contribution in [2.75, 3.05) is 18.8 Å². The summed E-state index contributed by atoms with van der Waals surface area (Å²) in [5.74, 6) is 1.03. The van der Waals surface area contributed by atoms with Gasteiger partial charge in [-0.25, -0.2) is 9.38 Å². The molecule has 2 atom stereocenters. The van der Waals surface area contributed by atoms with Crippen molar-refractivity contribution in [3.63, 3.8) is 0 Å². The fourth-order valence-corrected chi connectivity index (χ4v) is 3.67. The molecule has 2 aliphatic rings. The Morgan fingerprint density at radius 3 is 3.12 bits per heavy atom. The number of halogens is 1. The van der Waals surface area contributed by atoms with Crippen LogP contribution >= 0.6 is 11.8 Å². The van der Waals surface area contributed by atoms with Gasteiger partial charge in [-0.1, -0.05) is 30.0 Å². The summed E-state index contributed by atoms with van der Waals surface area (Å²) in [6, 6.07) is 6.88. The van der Waals surface area contributed by atoms with Crippen molar-refractivity contribution >= 4 is 16.9 Å².